The van der Waals surface area contributed by atoms with E-state index in [2.05, 4.69) is 49.1 Å². The van der Waals surface area contributed by atoms with E-state index >= 15 is 0 Å². The summed E-state index contributed by atoms with van der Waals surface area (Å²) in [6.07, 6.45) is 1.06. The Bertz CT molecular complexity index is 179. The molecule has 51 valence electrons. The van der Waals surface area contributed by atoms with E-state index < -0.39 is 0 Å². The molecule has 0 aliphatic heterocycles. The average molecular weight is 301 g/mol. The molecule has 0 aromatic heterocycles. The monoisotopic (exact) mass is 301 g/mol. The van der Waals surface area contributed by atoms with E-state index in [1.807, 2.05) is 6.07 Å². The van der Waals surface area contributed by atoms with Gasteiger partial charge < -0.3 is 0 Å². The molecule has 0 radical (unpaired) electrons. The molecular weight excluding hydrogens is 293 g/mol. The molecular formula is C8H8Au. The Hall–Kier alpha value is -0.170. The third-order valence-corrected chi connectivity index (χ3v) is 1.58. The molecule has 0 saturated carbocycles. The normalized spacial score (nSPS) is 9.11. The van der Waals surface area contributed by atoms with E-state index in [9.17, 15) is 0 Å². The molecule has 1 aromatic rings. The summed E-state index contributed by atoms with van der Waals surface area (Å²) in [6, 6.07) is 10.4. The van der Waals surface area contributed by atoms with Gasteiger partial charge in [-0.15, -0.1) is 0 Å². The van der Waals surface area contributed by atoms with Crippen LogP contribution in [0.4, 0.5) is 0 Å². The van der Waals surface area contributed by atoms with Crippen LogP contribution in [0, 0.1) is 0 Å². The van der Waals surface area contributed by atoms with E-state index in [0.29, 0.717) is 0 Å². The Morgan fingerprint density at radius 1 is 1.22 bits per heavy atom. The van der Waals surface area contributed by atoms with Gasteiger partial charge in [0, 0.05) is 0 Å². The Kier molecular flexibility index (Phi) is 2.92. The van der Waals surface area contributed by atoms with Crippen molar-refractivity contribution < 1.29 is 20.6 Å². The minimum absolute atomic E-state index is 1.06. The first-order valence-corrected chi connectivity index (χ1v) is 4.10. The van der Waals surface area contributed by atoms with Gasteiger partial charge in [-0.2, -0.15) is 0 Å². The van der Waals surface area contributed by atoms with Crippen LogP contribution in [0.25, 0.3) is 0 Å². The average Bonchev–Trinajstić information content (AvgIpc) is 1.91. The van der Waals surface area contributed by atoms with E-state index in [0.717, 1.165) is 6.42 Å². The quantitative estimate of drug-likeness (QED) is 0.728. The predicted octanol–water partition coefficient (Wildman–Crippen LogP) is 1.58. The van der Waals surface area contributed by atoms with Crippen LogP contribution >= 0.6 is 0 Å². The Morgan fingerprint density at radius 3 is 2.44 bits per heavy atom. The van der Waals surface area contributed by atoms with Crippen molar-refractivity contribution in [3.8, 4) is 0 Å². The van der Waals surface area contributed by atoms with E-state index in [-0.39, 0.29) is 0 Å². The van der Waals surface area contributed by atoms with Crippen LogP contribution in [0.5, 0.6) is 0 Å². The maximum absolute atomic E-state index is 2.43. The van der Waals surface area contributed by atoms with Crippen molar-refractivity contribution in [2.24, 2.45) is 0 Å². The number of rotatable bonds is 2. The molecule has 0 bridgehead atoms. The number of hydrogen-bond donors (Lipinski definition) is 0. The molecule has 0 N–H and O–H groups in total. The van der Waals surface area contributed by atoms with Crippen molar-refractivity contribution >= 4 is 4.23 Å². The number of benzene rings is 1. The summed E-state index contributed by atoms with van der Waals surface area (Å²) in [5.41, 5.74) is 1.38. The van der Waals surface area contributed by atoms with E-state index in [4.69, 9.17) is 0 Å². The van der Waals surface area contributed by atoms with Crippen LogP contribution in [0.2, 0.25) is 0 Å². The molecule has 0 amide bonds. The Balaban J connectivity index is 2.72. The standard InChI is InChI=1S/C8H8.Au/c1-2-8-6-4-3-5-7-8;/h1,3-7H,2H2;. The summed E-state index contributed by atoms with van der Waals surface area (Å²) in [4.78, 5) is 0. The van der Waals surface area contributed by atoms with Crippen molar-refractivity contribution in [3.05, 3.63) is 35.9 Å². The molecule has 1 heteroatoms. The van der Waals surface area contributed by atoms with Gasteiger partial charge in [0.25, 0.3) is 0 Å². The molecule has 0 atom stereocenters. The topological polar surface area (TPSA) is 0 Å². The molecule has 0 aliphatic carbocycles. The molecule has 0 unspecified atom stereocenters. The third kappa shape index (κ3) is 2.27. The van der Waals surface area contributed by atoms with Crippen molar-refractivity contribution in [3.63, 3.8) is 0 Å². The van der Waals surface area contributed by atoms with Gasteiger partial charge in [-0.25, -0.2) is 0 Å². The molecule has 9 heavy (non-hydrogen) atoms. The van der Waals surface area contributed by atoms with Gasteiger partial charge in [-0.05, 0) is 0 Å². The van der Waals surface area contributed by atoms with Gasteiger partial charge in [0.2, 0.25) is 0 Å². The van der Waals surface area contributed by atoms with Gasteiger partial charge in [0.05, 0.1) is 0 Å². The van der Waals surface area contributed by atoms with Crippen molar-refractivity contribution in [1.82, 2.24) is 0 Å². The van der Waals surface area contributed by atoms with Crippen LogP contribution in [-0.2, 0) is 27.0 Å². The van der Waals surface area contributed by atoms with Gasteiger partial charge in [0.15, 0.2) is 0 Å². The van der Waals surface area contributed by atoms with E-state index in [1.165, 1.54) is 5.56 Å². The van der Waals surface area contributed by atoms with Crippen LogP contribution < -0.4 is 0 Å². The summed E-state index contributed by atoms with van der Waals surface area (Å²) in [5.74, 6) is 0. The number of hydrogen-bond acceptors (Lipinski definition) is 0. The fourth-order valence-electron chi connectivity index (χ4n) is 0.685. The van der Waals surface area contributed by atoms with Gasteiger partial charge in [-0.3, -0.25) is 0 Å². The molecule has 0 saturated heterocycles. The fourth-order valence-corrected chi connectivity index (χ4v) is 1.20. The zero-order valence-electron chi connectivity index (χ0n) is 4.97. The second kappa shape index (κ2) is 3.78. The first-order valence-electron chi connectivity index (χ1n) is 2.85. The second-order valence-electron chi connectivity index (χ2n) is 1.81. The fraction of sp³-hybridized carbons (Fsp3) is 0.125. The summed E-state index contributed by atoms with van der Waals surface area (Å²) in [7, 11) is 0. The Labute approximate surface area is 67.3 Å². The minimum atomic E-state index is 1.06. The first-order chi connectivity index (χ1) is 4.43. The van der Waals surface area contributed by atoms with Gasteiger partial charge in [0.1, 0.15) is 0 Å². The molecule has 0 aliphatic rings. The Morgan fingerprint density at radius 2 is 1.89 bits per heavy atom. The summed E-state index contributed by atoms with van der Waals surface area (Å²) in [6.45, 7) is 0. The molecule has 0 nitrogen and oxygen atoms in total. The van der Waals surface area contributed by atoms with Crippen molar-refractivity contribution in [1.29, 1.82) is 0 Å². The summed E-state index contributed by atoms with van der Waals surface area (Å²) in [5, 5.41) is 0. The third-order valence-electron chi connectivity index (χ3n) is 1.14. The predicted molar refractivity (Wildman–Crippen MR) is 36.2 cm³/mol. The van der Waals surface area contributed by atoms with Gasteiger partial charge in [-0.1, -0.05) is 0 Å². The SMILES string of the molecule is [Au]=[CH]Cc1ccccc1. The first kappa shape index (κ1) is 6.94. The van der Waals surface area contributed by atoms with Gasteiger partial charge >= 0.3 is 67.1 Å². The van der Waals surface area contributed by atoms with Crippen molar-refractivity contribution in [2.75, 3.05) is 0 Å². The van der Waals surface area contributed by atoms with Crippen LogP contribution in [0.1, 0.15) is 5.56 Å². The van der Waals surface area contributed by atoms with Crippen LogP contribution in [0.15, 0.2) is 30.3 Å². The zero-order valence-corrected chi connectivity index (χ0v) is 7.14. The molecule has 0 spiro atoms. The maximum atomic E-state index is 2.43. The van der Waals surface area contributed by atoms with E-state index in [1.54, 1.807) is 0 Å². The second-order valence-corrected chi connectivity index (χ2v) is 2.70. The van der Waals surface area contributed by atoms with Crippen LogP contribution in [0.3, 0.4) is 0 Å². The van der Waals surface area contributed by atoms with Crippen LogP contribution in [-0.4, -0.2) is 4.23 Å². The zero-order chi connectivity index (χ0) is 6.53. The molecule has 0 fully saturated rings. The summed E-state index contributed by atoms with van der Waals surface area (Å²) >= 11 is 2.43. The summed E-state index contributed by atoms with van der Waals surface area (Å²) < 4.78 is 2.11. The molecule has 0 heterocycles. The molecule has 1 aromatic carbocycles. The van der Waals surface area contributed by atoms with Crippen molar-refractivity contribution in [2.45, 2.75) is 6.42 Å². The molecule has 1 rings (SSSR count).